The van der Waals surface area contributed by atoms with Crippen molar-refractivity contribution in [3.8, 4) is 0 Å². The molecule has 0 bridgehead atoms. The minimum atomic E-state index is 0.220. The van der Waals surface area contributed by atoms with Crippen LogP contribution in [0.4, 0.5) is 11.4 Å². The van der Waals surface area contributed by atoms with E-state index < -0.39 is 0 Å². The summed E-state index contributed by atoms with van der Waals surface area (Å²) in [6, 6.07) is 8.00. The highest BCUT2D eigenvalue weighted by molar-refractivity contribution is 7.09. The van der Waals surface area contributed by atoms with Gasteiger partial charge in [-0.1, -0.05) is 6.07 Å². The third-order valence-corrected chi connectivity index (χ3v) is 3.94. The molecule has 1 amide bonds. The Morgan fingerprint density at radius 2 is 2.37 bits per heavy atom. The predicted octanol–water partition coefficient (Wildman–Crippen LogP) is 2.88. The molecular formula is C14H15N3OS. The molecule has 4 nitrogen and oxygen atoms in total. The topological polar surface area (TPSA) is 45.2 Å². The van der Waals surface area contributed by atoms with Gasteiger partial charge in [0.05, 0.1) is 6.54 Å². The van der Waals surface area contributed by atoms with E-state index >= 15 is 0 Å². The number of nitrogens with one attached hydrogen (secondary N) is 1. The molecule has 0 atom stereocenters. The molecule has 1 saturated heterocycles. The highest BCUT2D eigenvalue weighted by Gasteiger charge is 2.21. The highest BCUT2D eigenvalue weighted by Crippen LogP contribution is 2.24. The van der Waals surface area contributed by atoms with E-state index in [-0.39, 0.29) is 5.91 Å². The Bertz CT molecular complexity index is 568. The fourth-order valence-corrected chi connectivity index (χ4v) is 2.78. The van der Waals surface area contributed by atoms with Gasteiger partial charge < -0.3 is 10.2 Å². The third-order valence-electron chi connectivity index (χ3n) is 3.16. The predicted molar refractivity (Wildman–Crippen MR) is 77.5 cm³/mol. The monoisotopic (exact) mass is 273 g/mol. The Kier molecular flexibility index (Phi) is 3.46. The third kappa shape index (κ3) is 2.76. The number of thiazole rings is 1. The summed E-state index contributed by atoms with van der Waals surface area (Å²) in [6.07, 6.45) is 3.42. The van der Waals surface area contributed by atoms with Crippen molar-refractivity contribution in [2.45, 2.75) is 19.4 Å². The number of hydrogen-bond acceptors (Lipinski definition) is 4. The molecule has 1 aromatic carbocycles. The first-order chi connectivity index (χ1) is 9.33. The molecule has 0 aliphatic carbocycles. The molecule has 0 unspecified atom stereocenters. The molecule has 3 rings (SSSR count). The maximum atomic E-state index is 11.7. The van der Waals surface area contributed by atoms with Crippen LogP contribution in [0.1, 0.15) is 17.8 Å². The number of rotatable bonds is 4. The van der Waals surface area contributed by atoms with Gasteiger partial charge >= 0.3 is 0 Å². The number of carbonyl (C=O) groups is 1. The normalized spacial score (nSPS) is 14.9. The maximum absolute atomic E-state index is 11.7. The highest BCUT2D eigenvalue weighted by atomic mass is 32.1. The molecular weight excluding hydrogens is 258 g/mol. The SMILES string of the molecule is O=C1CCCN1c1cccc(NCc2nccs2)c1. The summed E-state index contributed by atoms with van der Waals surface area (Å²) in [6.45, 7) is 1.55. The van der Waals surface area contributed by atoms with Crippen molar-refractivity contribution in [3.05, 3.63) is 40.8 Å². The summed E-state index contributed by atoms with van der Waals surface area (Å²) in [4.78, 5) is 17.8. The van der Waals surface area contributed by atoms with E-state index in [9.17, 15) is 4.79 Å². The molecule has 0 saturated carbocycles. The molecule has 1 aliphatic heterocycles. The lowest BCUT2D eigenvalue weighted by molar-refractivity contribution is -0.117. The van der Waals surface area contributed by atoms with Crippen molar-refractivity contribution >= 4 is 28.6 Å². The van der Waals surface area contributed by atoms with Crippen molar-refractivity contribution in [1.82, 2.24) is 4.98 Å². The quantitative estimate of drug-likeness (QED) is 0.931. The van der Waals surface area contributed by atoms with Crippen LogP contribution in [-0.4, -0.2) is 17.4 Å². The van der Waals surface area contributed by atoms with Crippen LogP contribution in [0.2, 0.25) is 0 Å². The van der Waals surface area contributed by atoms with Gasteiger partial charge in [-0.25, -0.2) is 4.98 Å². The van der Waals surface area contributed by atoms with Crippen molar-refractivity contribution in [1.29, 1.82) is 0 Å². The average Bonchev–Trinajstić information content (AvgIpc) is 3.08. The van der Waals surface area contributed by atoms with Gasteiger partial charge in [0.15, 0.2) is 0 Å². The summed E-state index contributed by atoms with van der Waals surface area (Å²) in [5, 5.41) is 6.36. The van der Waals surface area contributed by atoms with Crippen LogP contribution >= 0.6 is 11.3 Å². The van der Waals surface area contributed by atoms with Crippen LogP contribution in [0.15, 0.2) is 35.8 Å². The standard InChI is InChI=1S/C14H15N3OS/c18-14-5-2-7-17(14)12-4-1-3-11(9-12)16-10-13-15-6-8-19-13/h1,3-4,6,8-9,16H,2,5,7,10H2. The van der Waals surface area contributed by atoms with Crippen molar-refractivity contribution in [2.24, 2.45) is 0 Å². The van der Waals surface area contributed by atoms with Gasteiger partial charge in [0, 0.05) is 35.9 Å². The van der Waals surface area contributed by atoms with E-state index in [0.717, 1.165) is 35.9 Å². The Balaban J connectivity index is 1.71. The average molecular weight is 273 g/mol. The first kappa shape index (κ1) is 12.2. The van der Waals surface area contributed by atoms with Gasteiger partial charge in [0.1, 0.15) is 5.01 Å². The summed E-state index contributed by atoms with van der Waals surface area (Å²) in [5.41, 5.74) is 2.00. The van der Waals surface area contributed by atoms with Crippen molar-refractivity contribution in [2.75, 3.05) is 16.8 Å². The second-order valence-electron chi connectivity index (χ2n) is 4.48. The lowest BCUT2D eigenvalue weighted by Gasteiger charge is -2.16. The zero-order valence-electron chi connectivity index (χ0n) is 10.5. The Morgan fingerprint density at radius 3 is 3.11 bits per heavy atom. The van der Waals surface area contributed by atoms with Gasteiger partial charge in [-0.2, -0.15) is 0 Å². The van der Waals surface area contributed by atoms with Gasteiger partial charge in [0.2, 0.25) is 5.91 Å². The van der Waals surface area contributed by atoms with Crippen molar-refractivity contribution in [3.63, 3.8) is 0 Å². The zero-order valence-corrected chi connectivity index (χ0v) is 11.3. The molecule has 1 aromatic heterocycles. The largest absolute Gasteiger partial charge is 0.378 e. The smallest absolute Gasteiger partial charge is 0.227 e. The van der Waals surface area contributed by atoms with Crippen LogP contribution in [0.5, 0.6) is 0 Å². The number of benzene rings is 1. The molecule has 5 heteroatoms. The number of anilines is 2. The fraction of sp³-hybridized carbons (Fsp3) is 0.286. The van der Waals surface area contributed by atoms with Gasteiger partial charge in [-0.05, 0) is 24.6 Å². The minimum absolute atomic E-state index is 0.220. The minimum Gasteiger partial charge on any atom is -0.378 e. The molecule has 1 fully saturated rings. The number of nitrogens with zero attached hydrogens (tertiary/aromatic N) is 2. The molecule has 98 valence electrons. The Labute approximate surface area is 116 Å². The van der Waals surface area contributed by atoms with E-state index in [1.54, 1.807) is 17.5 Å². The van der Waals surface area contributed by atoms with Crippen LogP contribution in [0.25, 0.3) is 0 Å². The summed E-state index contributed by atoms with van der Waals surface area (Å²) < 4.78 is 0. The van der Waals surface area contributed by atoms with E-state index in [4.69, 9.17) is 0 Å². The lowest BCUT2D eigenvalue weighted by Crippen LogP contribution is -2.23. The van der Waals surface area contributed by atoms with Crippen LogP contribution in [-0.2, 0) is 11.3 Å². The lowest BCUT2D eigenvalue weighted by atomic mass is 10.2. The summed E-state index contributed by atoms with van der Waals surface area (Å²) in [5.74, 6) is 0.220. The van der Waals surface area contributed by atoms with Crippen LogP contribution in [0.3, 0.4) is 0 Å². The van der Waals surface area contributed by atoms with E-state index in [0.29, 0.717) is 6.42 Å². The second-order valence-corrected chi connectivity index (χ2v) is 5.46. The summed E-state index contributed by atoms with van der Waals surface area (Å²) in [7, 11) is 0. The van der Waals surface area contributed by atoms with E-state index in [1.807, 2.05) is 34.5 Å². The van der Waals surface area contributed by atoms with Crippen LogP contribution < -0.4 is 10.2 Å². The fourth-order valence-electron chi connectivity index (χ4n) is 2.22. The van der Waals surface area contributed by atoms with E-state index in [2.05, 4.69) is 10.3 Å². The number of hydrogen-bond donors (Lipinski definition) is 1. The Hall–Kier alpha value is -1.88. The first-order valence-corrected chi connectivity index (χ1v) is 7.23. The molecule has 19 heavy (non-hydrogen) atoms. The molecule has 2 heterocycles. The molecule has 1 aliphatic rings. The van der Waals surface area contributed by atoms with Crippen molar-refractivity contribution < 1.29 is 4.79 Å². The second kappa shape index (κ2) is 5.40. The number of carbonyl (C=O) groups excluding carboxylic acids is 1. The number of amides is 1. The van der Waals surface area contributed by atoms with Gasteiger partial charge in [-0.15, -0.1) is 11.3 Å². The van der Waals surface area contributed by atoms with Crippen LogP contribution in [0, 0.1) is 0 Å². The van der Waals surface area contributed by atoms with E-state index in [1.165, 1.54) is 0 Å². The number of aromatic nitrogens is 1. The molecule has 1 N–H and O–H groups in total. The first-order valence-electron chi connectivity index (χ1n) is 6.35. The Morgan fingerprint density at radius 1 is 1.42 bits per heavy atom. The van der Waals surface area contributed by atoms with Gasteiger partial charge in [0.25, 0.3) is 0 Å². The zero-order chi connectivity index (χ0) is 13.1. The summed E-state index contributed by atoms with van der Waals surface area (Å²) >= 11 is 1.63. The maximum Gasteiger partial charge on any atom is 0.227 e. The van der Waals surface area contributed by atoms with Gasteiger partial charge in [-0.3, -0.25) is 4.79 Å². The molecule has 2 aromatic rings. The molecule has 0 spiro atoms. The molecule has 0 radical (unpaired) electrons.